The van der Waals surface area contributed by atoms with Crippen molar-refractivity contribution in [3.63, 3.8) is 0 Å². The van der Waals surface area contributed by atoms with Gasteiger partial charge in [0, 0.05) is 11.9 Å². The van der Waals surface area contributed by atoms with E-state index in [0.717, 1.165) is 34.7 Å². The van der Waals surface area contributed by atoms with E-state index in [1.807, 2.05) is 12.1 Å². The van der Waals surface area contributed by atoms with Gasteiger partial charge in [0.1, 0.15) is 0 Å². The van der Waals surface area contributed by atoms with Crippen molar-refractivity contribution in [3.05, 3.63) is 18.3 Å². The molecule has 1 saturated heterocycles. The van der Waals surface area contributed by atoms with E-state index in [9.17, 15) is 0 Å². The van der Waals surface area contributed by atoms with E-state index in [1.165, 1.54) is 32.4 Å². The number of aromatic nitrogens is 2. The Hall–Kier alpha value is -1.75. The number of nitrogens with two attached hydrogens (primary N) is 1. The van der Waals surface area contributed by atoms with Crippen LogP contribution in [0.5, 0.6) is 0 Å². The Bertz CT molecular complexity index is 569. The molecule has 0 atom stereocenters. The fraction of sp³-hybridized carbons (Fsp3) is 0.533. The normalized spacial score (nSPS) is 17.6. The van der Waals surface area contributed by atoms with E-state index >= 15 is 0 Å². The third kappa shape index (κ3) is 2.88. The Morgan fingerprint density at radius 1 is 1.40 bits per heavy atom. The number of likely N-dealkylation sites (tertiary alicyclic amines) is 1. The zero-order valence-electron chi connectivity index (χ0n) is 12.0. The molecule has 0 aliphatic carbocycles. The average Bonchev–Trinajstić information content (AvgIpc) is 2.88. The summed E-state index contributed by atoms with van der Waals surface area (Å²) in [5.41, 5.74) is 8.90. The van der Waals surface area contributed by atoms with Crippen molar-refractivity contribution in [2.24, 2.45) is 5.92 Å². The van der Waals surface area contributed by atoms with Crippen LogP contribution in [0.4, 0.5) is 11.4 Å². The molecule has 108 valence electrons. The number of nitrogens with one attached hydrogen (secondary N) is 2. The molecule has 1 aliphatic heterocycles. The van der Waals surface area contributed by atoms with Crippen molar-refractivity contribution in [2.75, 3.05) is 37.7 Å². The maximum atomic E-state index is 6.07. The van der Waals surface area contributed by atoms with Gasteiger partial charge in [-0.2, -0.15) is 5.10 Å². The summed E-state index contributed by atoms with van der Waals surface area (Å²) in [4.78, 5) is 2.41. The second kappa shape index (κ2) is 5.71. The number of piperidine rings is 1. The zero-order valence-corrected chi connectivity index (χ0v) is 12.0. The fourth-order valence-electron chi connectivity index (χ4n) is 2.92. The first-order chi connectivity index (χ1) is 9.72. The van der Waals surface area contributed by atoms with Crippen molar-refractivity contribution in [3.8, 4) is 0 Å². The summed E-state index contributed by atoms with van der Waals surface area (Å²) in [6.07, 6.45) is 5.64. The number of anilines is 2. The summed E-state index contributed by atoms with van der Waals surface area (Å²) in [5, 5.41) is 11.5. The smallest absolute Gasteiger partial charge is 0.0672 e. The Kier molecular flexibility index (Phi) is 3.78. The van der Waals surface area contributed by atoms with Crippen molar-refractivity contribution < 1.29 is 0 Å². The molecular formula is C15H23N5. The van der Waals surface area contributed by atoms with E-state index < -0.39 is 0 Å². The van der Waals surface area contributed by atoms with Gasteiger partial charge in [0.15, 0.2) is 0 Å². The monoisotopic (exact) mass is 273 g/mol. The van der Waals surface area contributed by atoms with Crippen LogP contribution < -0.4 is 11.1 Å². The number of fused-ring (bicyclic) bond motifs is 1. The number of benzene rings is 1. The largest absolute Gasteiger partial charge is 0.397 e. The van der Waals surface area contributed by atoms with Crippen LogP contribution in [0.25, 0.3) is 10.9 Å². The second-order valence-corrected chi connectivity index (χ2v) is 5.86. The van der Waals surface area contributed by atoms with Crippen molar-refractivity contribution >= 4 is 22.3 Å². The molecule has 0 bridgehead atoms. The molecule has 5 heteroatoms. The highest BCUT2D eigenvalue weighted by Crippen LogP contribution is 2.25. The zero-order chi connectivity index (χ0) is 13.9. The van der Waals surface area contributed by atoms with Gasteiger partial charge in [-0.25, -0.2) is 0 Å². The number of hydrogen-bond acceptors (Lipinski definition) is 4. The van der Waals surface area contributed by atoms with Gasteiger partial charge in [-0.1, -0.05) is 0 Å². The quantitative estimate of drug-likeness (QED) is 0.748. The minimum absolute atomic E-state index is 0.794. The standard InChI is InChI=1S/C15H23N5/c1-20-6-3-11(4-7-20)2-5-17-15-9-14-12(8-13(15)16)10-18-19-14/h8-11,17H,2-7,16H2,1H3,(H,18,19). The molecule has 1 aromatic heterocycles. The summed E-state index contributed by atoms with van der Waals surface area (Å²) in [6, 6.07) is 4.02. The van der Waals surface area contributed by atoms with Crippen LogP contribution in [0.2, 0.25) is 0 Å². The fourth-order valence-corrected chi connectivity index (χ4v) is 2.92. The molecule has 1 fully saturated rings. The van der Waals surface area contributed by atoms with E-state index in [4.69, 9.17) is 5.73 Å². The Balaban J connectivity index is 1.55. The minimum Gasteiger partial charge on any atom is -0.397 e. The summed E-state index contributed by atoms with van der Waals surface area (Å²) < 4.78 is 0. The second-order valence-electron chi connectivity index (χ2n) is 5.86. The van der Waals surface area contributed by atoms with Gasteiger partial charge in [0.2, 0.25) is 0 Å². The van der Waals surface area contributed by atoms with Crippen molar-refractivity contribution in [1.29, 1.82) is 0 Å². The van der Waals surface area contributed by atoms with Gasteiger partial charge in [-0.15, -0.1) is 0 Å². The predicted octanol–water partition coefficient (Wildman–Crippen LogP) is 2.29. The number of hydrogen-bond donors (Lipinski definition) is 3. The average molecular weight is 273 g/mol. The van der Waals surface area contributed by atoms with E-state index in [2.05, 4.69) is 27.5 Å². The third-order valence-electron chi connectivity index (χ3n) is 4.32. The van der Waals surface area contributed by atoms with E-state index in [-0.39, 0.29) is 0 Å². The first kappa shape index (κ1) is 13.2. The molecule has 3 rings (SSSR count). The SMILES string of the molecule is CN1CCC(CCNc2cc3[nH]ncc3cc2N)CC1. The lowest BCUT2D eigenvalue weighted by Gasteiger charge is -2.29. The number of aromatic amines is 1. The lowest BCUT2D eigenvalue weighted by Crippen LogP contribution is -2.30. The molecule has 1 aromatic carbocycles. The molecule has 0 saturated carbocycles. The maximum absolute atomic E-state index is 6.07. The summed E-state index contributed by atoms with van der Waals surface area (Å²) >= 11 is 0. The Morgan fingerprint density at radius 2 is 2.20 bits per heavy atom. The highest BCUT2D eigenvalue weighted by atomic mass is 15.1. The Morgan fingerprint density at radius 3 is 3.00 bits per heavy atom. The molecule has 1 aliphatic rings. The summed E-state index contributed by atoms with van der Waals surface area (Å²) in [5.74, 6) is 0.843. The maximum Gasteiger partial charge on any atom is 0.0672 e. The summed E-state index contributed by atoms with van der Waals surface area (Å²) in [6.45, 7) is 3.44. The predicted molar refractivity (Wildman–Crippen MR) is 83.8 cm³/mol. The lowest BCUT2D eigenvalue weighted by molar-refractivity contribution is 0.215. The number of H-pyrrole nitrogens is 1. The molecule has 0 amide bonds. The highest BCUT2D eigenvalue weighted by Gasteiger charge is 2.16. The third-order valence-corrected chi connectivity index (χ3v) is 4.32. The number of nitrogen functional groups attached to an aromatic ring is 1. The van der Waals surface area contributed by atoms with Gasteiger partial charge >= 0.3 is 0 Å². The van der Waals surface area contributed by atoms with Crippen LogP contribution >= 0.6 is 0 Å². The molecule has 4 N–H and O–H groups in total. The van der Waals surface area contributed by atoms with Crippen LogP contribution in [0.3, 0.4) is 0 Å². The van der Waals surface area contributed by atoms with Gasteiger partial charge < -0.3 is 16.0 Å². The molecule has 5 nitrogen and oxygen atoms in total. The lowest BCUT2D eigenvalue weighted by atomic mass is 9.94. The van der Waals surface area contributed by atoms with Crippen LogP contribution in [0.15, 0.2) is 18.3 Å². The highest BCUT2D eigenvalue weighted by molar-refractivity contribution is 5.88. The van der Waals surface area contributed by atoms with Crippen molar-refractivity contribution in [1.82, 2.24) is 15.1 Å². The molecule has 20 heavy (non-hydrogen) atoms. The molecule has 0 spiro atoms. The first-order valence-electron chi connectivity index (χ1n) is 7.37. The van der Waals surface area contributed by atoms with Gasteiger partial charge in [0.25, 0.3) is 0 Å². The van der Waals surface area contributed by atoms with Gasteiger partial charge in [0.05, 0.1) is 23.1 Å². The van der Waals surface area contributed by atoms with Gasteiger partial charge in [-0.3, -0.25) is 5.10 Å². The number of nitrogens with zero attached hydrogens (tertiary/aromatic N) is 2. The molecule has 2 aromatic rings. The number of rotatable bonds is 4. The molecule has 0 unspecified atom stereocenters. The van der Waals surface area contributed by atoms with Crippen molar-refractivity contribution in [2.45, 2.75) is 19.3 Å². The van der Waals surface area contributed by atoms with Crippen LogP contribution in [-0.4, -0.2) is 41.8 Å². The minimum atomic E-state index is 0.794. The molecule has 2 heterocycles. The molecule has 0 radical (unpaired) electrons. The van der Waals surface area contributed by atoms with Crippen LogP contribution in [0, 0.1) is 5.92 Å². The topological polar surface area (TPSA) is 70.0 Å². The van der Waals surface area contributed by atoms with E-state index in [0.29, 0.717) is 0 Å². The first-order valence-corrected chi connectivity index (χ1v) is 7.37. The summed E-state index contributed by atoms with van der Waals surface area (Å²) in [7, 11) is 2.20. The van der Waals surface area contributed by atoms with Gasteiger partial charge in [-0.05, 0) is 57.5 Å². The molecular weight excluding hydrogens is 250 g/mol. The van der Waals surface area contributed by atoms with Crippen LogP contribution in [-0.2, 0) is 0 Å². The van der Waals surface area contributed by atoms with Crippen LogP contribution in [0.1, 0.15) is 19.3 Å². The Labute approximate surface area is 119 Å². The van der Waals surface area contributed by atoms with E-state index in [1.54, 1.807) is 6.20 Å².